The van der Waals surface area contributed by atoms with Crippen molar-refractivity contribution in [3.63, 3.8) is 0 Å². The summed E-state index contributed by atoms with van der Waals surface area (Å²) in [7, 11) is 0. The van der Waals surface area contributed by atoms with Crippen molar-refractivity contribution >= 4 is 5.90 Å². The quantitative estimate of drug-likeness (QED) is 0.637. The molecule has 1 aliphatic rings. The summed E-state index contributed by atoms with van der Waals surface area (Å²) in [5, 5.41) is 18.7. The molecule has 106 valence electrons. The molecule has 5 heteroatoms. The molecule has 1 atom stereocenters. The molecule has 0 saturated carbocycles. The molecule has 2 N–H and O–H groups in total. The van der Waals surface area contributed by atoms with Gasteiger partial charge >= 0.3 is 0 Å². The third-order valence-corrected chi connectivity index (χ3v) is 3.41. The zero-order valence-electron chi connectivity index (χ0n) is 11.6. The monoisotopic (exact) mass is 259 g/mol. The van der Waals surface area contributed by atoms with Gasteiger partial charge < -0.3 is 19.7 Å². The Kier molecular flexibility index (Phi) is 5.56. The van der Waals surface area contributed by atoms with Crippen molar-refractivity contribution in [3.8, 4) is 0 Å². The Labute approximate surface area is 109 Å². The van der Waals surface area contributed by atoms with Crippen LogP contribution in [0.5, 0.6) is 0 Å². The van der Waals surface area contributed by atoms with Gasteiger partial charge in [-0.05, 0) is 19.8 Å². The van der Waals surface area contributed by atoms with E-state index in [9.17, 15) is 10.2 Å². The van der Waals surface area contributed by atoms with Gasteiger partial charge in [0.05, 0.1) is 25.2 Å². The fourth-order valence-electron chi connectivity index (χ4n) is 1.74. The van der Waals surface area contributed by atoms with Gasteiger partial charge in [0.1, 0.15) is 12.1 Å². The molecule has 5 nitrogen and oxygen atoms in total. The summed E-state index contributed by atoms with van der Waals surface area (Å²) in [6.07, 6.45) is 1.79. The lowest BCUT2D eigenvalue weighted by atomic mass is 9.92. The van der Waals surface area contributed by atoms with E-state index in [1.165, 1.54) is 0 Å². The molecule has 0 saturated heterocycles. The second kappa shape index (κ2) is 6.50. The van der Waals surface area contributed by atoms with Gasteiger partial charge in [0, 0.05) is 6.61 Å². The number of ether oxygens (including phenoxy) is 2. The van der Waals surface area contributed by atoms with Crippen LogP contribution in [0, 0.1) is 5.41 Å². The average Bonchev–Trinajstić information content (AvgIpc) is 2.84. The van der Waals surface area contributed by atoms with Crippen LogP contribution in [0.15, 0.2) is 4.99 Å². The summed E-state index contributed by atoms with van der Waals surface area (Å²) in [6.45, 7) is 7.17. The molecule has 1 heterocycles. The van der Waals surface area contributed by atoms with Crippen LogP contribution < -0.4 is 0 Å². The fourth-order valence-corrected chi connectivity index (χ4v) is 1.74. The molecule has 0 fully saturated rings. The second-order valence-corrected chi connectivity index (χ2v) is 5.21. The van der Waals surface area contributed by atoms with E-state index in [0.29, 0.717) is 25.7 Å². The van der Waals surface area contributed by atoms with E-state index in [1.54, 1.807) is 6.92 Å². The lowest BCUT2D eigenvalue weighted by molar-refractivity contribution is 0.0668. The fraction of sp³-hybridized carbons (Fsp3) is 0.923. The Morgan fingerprint density at radius 2 is 2.06 bits per heavy atom. The molecular formula is C13H25NO4. The Bertz CT molecular complexity index is 289. The summed E-state index contributed by atoms with van der Waals surface area (Å²) in [5.74, 6) is 0.439. The molecule has 0 radical (unpaired) electrons. The topological polar surface area (TPSA) is 71.3 Å². The highest BCUT2D eigenvalue weighted by molar-refractivity contribution is 5.84. The third kappa shape index (κ3) is 3.22. The summed E-state index contributed by atoms with van der Waals surface area (Å²) in [5.41, 5.74) is -1.17. The lowest BCUT2D eigenvalue weighted by Crippen LogP contribution is -2.35. The maximum Gasteiger partial charge on any atom is 0.194 e. The van der Waals surface area contributed by atoms with Crippen molar-refractivity contribution in [2.24, 2.45) is 10.4 Å². The van der Waals surface area contributed by atoms with Gasteiger partial charge in [0.2, 0.25) is 0 Å². The van der Waals surface area contributed by atoms with Gasteiger partial charge in [-0.25, -0.2) is 4.99 Å². The highest BCUT2D eigenvalue weighted by Crippen LogP contribution is 2.30. The van der Waals surface area contributed by atoms with E-state index >= 15 is 0 Å². The van der Waals surface area contributed by atoms with Crippen molar-refractivity contribution in [2.45, 2.75) is 39.2 Å². The van der Waals surface area contributed by atoms with Gasteiger partial charge in [0.15, 0.2) is 5.90 Å². The molecule has 18 heavy (non-hydrogen) atoms. The van der Waals surface area contributed by atoms with Crippen LogP contribution in [0.25, 0.3) is 0 Å². The van der Waals surface area contributed by atoms with Crippen molar-refractivity contribution < 1.29 is 19.7 Å². The summed E-state index contributed by atoms with van der Waals surface area (Å²) >= 11 is 0. The minimum atomic E-state index is -0.804. The lowest BCUT2D eigenvalue weighted by Gasteiger charge is -2.23. The van der Waals surface area contributed by atoms with Gasteiger partial charge in [-0.3, -0.25) is 0 Å². The predicted octanol–water partition coefficient (Wildman–Crippen LogP) is 0.981. The van der Waals surface area contributed by atoms with Gasteiger partial charge in [-0.2, -0.15) is 0 Å². The summed E-state index contributed by atoms with van der Waals surface area (Å²) < 4.78 is 11.2. The number of rotatable bonds is 8. The maximum absolute atomic E-state index is 9.35. The standard InChI is InChI=1S/C13H25NO4/c1-4-6-17-9-13(5-2)10-18-11(14-13)12(3,7-15)8-16/h15-16H,4-10H2,1-3H3. The number of nitrogens with zero attached hydrogens (tertiary/aromatic N) is 1. The first-order valence-electron chi connectivity index (χ1n) is 6.58. The predicted molar refractivity (Wildman–Crippen MR) is 69.8 cm³/mol. The van der Waals surface area contributed by atoms with Crippen LogP contribution in [-0.2, 0) is 9.47 Å². The van der Waals surface area contributed by atoms with Gasteiger partial charge in [-0.15, -0.1) is 0 Å². The molecule has 0 bridgehead atoms. The Morgan fingerprint density at radius 1 is 1.39 bits per heavy atom. The largest absolute Gasteiger partial charge is 0.478 e. The van der Waals surface area contributed by atoms with E-state index in [4.69, 9.17) is 9.47 Å². The van der Waals surface area contributed by atoms with E-state index in [1.807, 2.05) is 6.92 Å². The minimum Gasteiger partial charge on any atom is -0.478 e. The molecule has 0 aliphatic carbocycles. The van der Waals surface area contributed by atoms with Gasteiger partial charge in [-0.1, -0.05) is 13.8 Å². The number of aliphatic hydroxyl groups is 2. The minimum absolute atomic E-state index is 0.183. The van der Waals surface area contributed by atoms with Crippen LogP contribution in [0.1, 0.15) is 33.6 Å². The molecule has 1 aliphatic heterocycles. The average molecular weight is 259 g/mol. The molecule has 1 unspecified atom stereocenters. The van der Waals surface area contributed by atoms with Crippen LogP contribution in [-0.4, -0.2) is 54.7 Å². The molecule has 0 aromatic heterocycles. The first-order chi connectivity index (χ1) is 8.55. The summed E-state index contributed by atoms with van der Waals surface area (Å²) in [4.78, 5) is 4.57. The zero-order valence-corrected chi connectivity index (χ0v) is 11.6. The van der Waals surface area contributed by atoms with Crippen molar-refractivity contribution in [1.82, 2.24) is 0 Å². The van der Waals surface area contributed by atoms with E-state index in [2.05, 4.69) is 11.9 Å². The Morgan fingerprint density at radius 3 is 2.56 bits per heavy atom. The first kappa shape index (κ1) is 15.4. The zero-order chi connectivity index (χ0) is 13.6. The Balaban J connectivity index is 2.76. The van der Waals surface area contributed by atoms with Crippen molar-refractivity contribution in [1.29, 1.82) is 0 Å². The normalized spacial score (nSPS) is 23.9. The highest BCUT2D eigenvalue weighted by atomic mass is 16.5. The number of hydrogen-bond donors (Lipinski definition) is 2. The van der Waals surface area contributed by atoms with Crippen molar-refractivity contribution in [2.75, 3.05) is 33.0 Å². The molecule has 0 aromatic rings. The number of aliphatic imine (C=N–C) groups is 1. The molecule has 0 spiro atoms. The van der Waals surface area contributed by atoms with E-state index in [-0.39, 0.29) is 18.8 Å². The molecular weight excluding hydrogens is 234 g/mol. The highest BCUT2D eigenvalue weighted by Gasteiger charge is 2.42. The van der Waals surface area contributed by atoms with Crippen LogP contribution >= 0.6 is 0 Å². The molecule has 0 aromatic carbocycles. The molecule has 0 amide bonds. The van der Waals surface area contributed by atoms with E-state index < -0.39 is 5.41 Å². The van der Waals surface area contributed by atoms with Crippen LogP contribution in [0.4, 0.5) is 0 Å². The smallest absolute Gasteiger partial charge is 0.194 e. The maximum atomic E-state index is 9.35. The van der Waals surface area contributed by atoms with Crippen molar-refractivity contribution in [3.05, 3.63) is 0 Å². The Hall–Kier alpha value is -0.650. The summed E-state index contributed by atoms with van der Waals surface area (Å²) in [6, 6.07) is 0. The second-order valence-electron chi connectivity index (χ2n) is 5.21. The molecule has 1 rings (SSSR count). The number of hydrogen-bond acceptors (Lipinski definition) is 5. The van der Waals surface area contributed by atoms with Crippen LogP contribution in [0.3, 0.4) is 0 Å². The van der Waals surface area contributed by atoms with Gasteiger partial charge in [0.25, 0.3) is 0 Å². The first-order valence-corrected chi connectivity index (χ1v) is 6.58. The van der Waals surface area contributed by atoms with Crippen LogP contribution in [0.2, 0.25) is 0 Å². The third-order valence-electron chi connectivity index (χ3n) is 3.41. The number of aliphatic hydroxyl groups excluding tert-OH is 2. The SMILES string of the molecule is CCCOCC1(CC)COC(C(C)(CO)CO)=N1. The van der Waals surface area contributed by atoms with E-state index in [0.717, 1.165) is 12.8 Å².